The van der Waals surface area contributed by atoms with E-state index >= 15 is 0 Å². The topological polar surface area (TPSA) is 192 Å². The van der Waals surface area contributed by atoms with Gasteiger partial charge in [0.15, 0.2) is 20.2 Å². The number of pyridine rings is 2. The van der Waals surface area contributed by atoms with Crippen LogP contribution in [-0.4, -0.2) is 62.1 Å². The van der Waals surface area contributed by atoms with Gasteiger partial charge in [0.25, 0.3) is 0 Å². The molecule has 1 aliphatic rings. The Morgan fingerprint density at radius 2 is 1.04 bits per heavy atom. The molecule has 13 nitrogen and oxygen atoms in total. The van der Waals surface area contributed by atoms with Crippen LogP contribution >= 0.6 is 19.0 Å². The fraction of sp³-hybridized carbons (Fsp3) is 0.250. The third kappa shape index (κ3) is 8.80. The average molecular weight is 818 g/mol. The molecular weight excluding hydrogens is 797 g/mol. The minimum Gasteiger partial charge on any atom is -0.741 e. The number of aromatic nitrogens is 2. The number of rotatable bonds is 5. The zero-order valence-corrected chi connectivity index (χ0v) is 26.9. The number of esters is 2. The molecular formula is C24H21F6IN2O11S2. The van der Waals surface area contributed by atoms with E-state index in [9.17, 15) is 39.0 Å². The van der Waals surface area contributed by atoms with Crippen molar-refractivity contribution in [1.82, 2.24) is 0 Å². The summed E-state index contributed by atoms with van der Waals surface area (Å²) in [5, 5.41) is 0. The van der Waals surface area contributed by atoms with Crippen molar-refractivity contribution in [1.29, 1.82) is 0 Å². The van der Waals surface area contributed by atoms with E-state index in [0.29, 0.717) is 26.1 Å². The van der Waals surface area contributed by atoms with Crippen LogP contribution in [0.4, 0.5) is 26.3 Å². The number of carbonyl (C=O) groups is 2. The van der Waals surface area contributed by atoms with Crippen molar-refractivity contribution in [2.75, 3.05) is 13.2 Å². The Kier molecular flexibility index (Phi) is 12.1. The summed E-state index contributed by atoms with van der Waals surface area (Å²) in [6.45, 7) is 4.00. The summed E-state index contributed by atoms with van der Waals surface area (Å²) in [7, 11) is -12.2. The fourth-order valence-corrected chi connectivity index (χ4v) is 9.72. The van der Waals surface area contributed by atoms with Crippen molar-refractivity contribution in [2.24, 2.45) is 0 Å². The maximum absolute atomic E-state index is 14.4. The van der Waals surface area contributed by atoms with Crippen LogP contribution in [0.2, 0.25) is 0 Å². The number of ether oxygens (including phenoxy) is 2. The summed E-state index contributed by atoms with van der Waals surface area (Å²) >= 11 is -4.23. The summed E-state index contributed by atoms with van der Waals surface area (Å²) < 4.78 is 147. The Bertz CT molecular complexity index is 1760. The van der Waals surface area contributed by atoms with Crippen LogP contribution in [0, 0.1) is 3.57 Å². The molecule has 0 unspecified atom stereocenters. The van der Waals surface area contributed by atoms with E-state index < -0.39 is 62.2 Å². The first kappa shape index (κ1) is 38.6. The standard InChI is InChI=1S/C22H21IN2O5.2CHF3O3S/c1-3-29-21(26)16-10-12-24-19(14-16)20-15-17(22(27)30-4-2)11-13-25(20)23(24,28)18-8-6-5-7-9-18;2*2-1(3,4)8(5,6)7/h5-15H,3-4H2,1-2H3;2*(H,5,6,7)/q+2;;/p-2. The molecule has 4 rings (SSSR count). The number of carbonyl (C=O) groups excluding carboxylic acids is 2. The average Bonchev–Trinajstić information content (AvgIpc) is 3.20. The molecule has 3 aromatic rings. The van der Waals surface area contributed by atoms with E-state index in [2.05, 4.69) is 0 Å². The molecule has 0 fully saturated rings. The summed E-state index contributed by atoms with van der Waals surface area (Å²) in [6, 6.07) is 15.8. The zero-order valence-electron chi connectivity index (χ0n) is 23.1. The van der Waals surface area contributed by atoms with Gasteiger partial charge in [0.05, 0.1) is 0 Å². The monoisotopic (exact) mass is 818 g/mol. The van der Waals surface area contributed by atoms with Gasteiger partial charge in [-0.15, -0.1) is 0 Å². The van der Waals surface area contributed by atoms with Gasteiger partial charge in [-0.3, -0.25) is 0 Å². The molecule has 0 N–H and O–H groups in total. The van der Waals surface area contributed by atoms with Crippen LogP contribution in [0.3, 0.4) is 0 Å². The third-order valence-corrected chi connectivity index (χ3v) is 13.2. The second-order valence-corrected chi connectivity index (χ2v) is 16.9. The number of alkyl halides is 6. The number of fused-ring (bicyclic) bond motifs is 3. The molecule has 0 saturated heterocycles. The van der Waals surface area contributed by atoms with E-state index in [4.69, 9.17) is 35.4 Å². The maximum atomic E-state index is 14.4. The summed E-state index contributed by atoms with van der Waals surface area (Å²) in [6.07, 6.45) is 3.32. The van der Waals surface area contributed by atoms with Gasteiger partial charge >= 0.3 is 190 Å². The second kappa shape index (κ2) is 14.4. The first-order valence-electron chi connectivity index (χ1n) is 12.1. The fourth-order valence-electron chi connectivity index (χ4n) is 3.29. The van der Waals surface area contributed by atoms with Crippen LogP contribution in [0.15, 0.2) is 67.0 Å². The predicted molar refractivity (Wildman–Crippen MR) is 146 cm³/mol. The molecule has 254 valence electrons. The van der Waals surface area contributed by atoms with Crippen LogP contribution < -0.4 is 5.56 Å². The summed E-state index contributed by atoms with van der Waals surface area (Å²) in [4.78, 5) is 24.5. The molecule has 3 heterocycles. The van der Waals surface area contributed by atoms with Crippen LogP contribution in [-0.2, 0) is 32.8 Å². The second-order valence-electron chi connectivity index (χ2n) is 8.22. The maximum Gasteiger partial charge on any atom is 0.485 e. The summed E-state index contributed by atoms with van der Waals surface area (Å²) in [5.74, 6) is -0.910. The Hall–Kier alpha value is -3.61. The number of benzene rings is 1. The van der Waals surface area contributed by atoms with E-state index in [0.717, 1.165) is 0 Å². The van der Waals surface area contributed by atoms with E-state index in [1.54, 1.807) is 56.1 Å². The SMILES string of the molecule is CCOC(=O)c1cc[n+]2c(c1)-c1cc(C(=O)OCC)cc[n+]1I2(=O)c1ccccc1.O=S(=O)([O-])C(F)(F)F.O=S(=O)([O-])C(F)(F)F. The predicted octanol–water partition coefficient (Wildman–Crippen LogP) is 3.18. The molecule has 1 aliphatic heterocycles. The smallest absolute Gasteiger partial charge is 0.485 e. The number of halogens is 7. The molecule has 46 heavy (non-hydrogen) atoms. The van der Waals surface area contributed by atoms with Crippen molar-refractivity contribution in [2.45, 2.75) is 24.9 Å². The molecule has 2 aromatic heterocycles. The van der Waals surface area contributed by atoms with Crippen molar-refractivity contribution >= 4 is 51.1 Å². The van der Waals surface area contributed by atoms with Gasteiger partial charge in [-0.05, 0) is 0 Å². The number of hydrogen-bond donors (Lipinski definition) is 0. The molecule has 0 atom stereocenters. The van der Waals surface area contributed by atoms with Gasteiger partial charge in [-0.1, -0.05) is 0 Å². The van der Waals surface area contributed by atoms with Crippen LogP contribution in [0.25, 0.3) is 11.4 Å². The van der Waals surface area contributed by atoms with Crippen molar-refractivity contribution in [3.05, 3.63) is 81.7 Å². The minimum absolute atomic E-state index is 0.258. The van der Waals surface area contributed by atoms with Crippen molar-refractivity contribution in [3.63, 3.8) is 0 Å². The summed E-state index contributed by atoms with van der Waals surface area (Å²) in [5.41, 5.74) is -9.41. The molecule has 0 saturated carbocycles. The van der Waals surface area contributed by atoms with E-state index in [1.165, 1.54) is 0 Å². The molecule has 0 spiro atoms. The van der Waals surface area contributed by atoms with Gasteiger partial charge in [-0.25, -0.2) is 16.8 Å². The van der Waals surface area contributed by atoms with E-state index in [-0.39, 0.29) is 13.2 Å². The Balaban J connectivity index is 0.000000381. The quantitative estimate of drug-likeness (QED) is 0.0945. The molecule has 22 heteroatoms. The van der Waals surface area contributed by atoms with Gasteiger partial charge in [-0.2, -0.15) is 26.3 Å². The first-order valence-corrected chi connectivity index (χ1v) is 18.8. The van der Waals surface area contributed by atoms with Gasteiger partial charge in [0, 0.05) is 0 Å². The van der Waals surface area contributed by atoms with E-state index in [1.807, 2.05) is 30.3 Å². The minimum atomic E-state index is -6.09. The largest absolute Gasteiger partial charge is 0.741 e. The molecule has 0 bridgehead atoms. The number of hydrogen-bond acceptors (Lipinski definition) is 11. The Labute approximate surface area is 261 Å². The van der Waals surface area contributed by atoms with Gasteiger partial charge < -0.3 is 9.11 Å². The normalized spacial score (nSPS) is 14.2. The Morgan fingerprint density at radius 1 is 0.717 bits per heavy atom. The van der Waals surface area contributed by atoms with Gasteiger partial charge in [0.1, 0.15) is 0 Å². The third-order valence-electron chi connectivity index (χ3n) is 5.18. The zero-order chi connectivity index (χ0) is 35.3. The Morgan fingerprint density at radius 3 is 1.33 bits per heavy atom. The van der Waals surface area contributed by atoms with Crippen molar-refractivity contribution in [3.8, 4) is 11.4 Å². The van der Waals surface area contributed by atoms with Crippen molar-refractivity contribution < 1.29 is 80.0 Å². The molecule has 0 amide bonds. The molecule has 0 radical (unpaired) electrons. The van der Waals surface area contributed by atoms with Crippen LogP contribution in [0.1, 0.15) is 34.6 Å². The van der Waals surface area contributed by atoms with Crippen LogP contribution in [0.5, 0.6) is 0 Å². The molecule has 1 aromatic carbocycles. The first-order chi connectivity index (χ1) is 21.0. The number of nitrogens with zero attached hydrogens (tertiary/aromatic N) is 2. The van der Waals surface area contributed by atoms with Gasteiger partial charge in [0.2, 0.25) is 0 Å². The molecule has 0 aliphatic carbocycles.